The summed E-state index contributed by atoms with van der Waals surface area (Å²) in [5, 5.41) is 18.8. The third-order valence-electron chi connectivity index (χ3n) is 3.31. The first kappa shape index (κ1) is 15.1. The molecule has 21 heavy (non-hydrogen) atoms. The van der Waals surface area contributed by atoms with E-state index in [1.54, 1.807) is 18.3 Å². The molecular weight excluding hydrogens is 274 g/mol. The number of methoxy groups -OCH3 is 1. The summed E-state index contributed by atoms with van der Waals surface area (Å²) in [6.07, 6.45) is 1.93. The number of hydrogen-bond acceptors (Lipinski definition) is 4. The van der Waals surface area contributed by atoms with E-state index in [0.29, 0.717) is 16.8 Å². The lowest BCUT2D eigenvalue weighted by atomic mass is 10.2. The number of ether oxygens (including phenoxy) is 1. The lowest BCUT2D eigenvalue weighted by molar-refractivity contribution is -0.137. The predicted octanol–water partition coefficient (Wildman–Crippen LogP) is 2.04. The first-order valence-electron chi connectivity index (χ1n) is 6.61. The van der Waals surface area contributed by atoms with Crippen LogP contribution in [-0.4, -0.2) is 33.8 Å². The number of carboxylic acids is 1. The Morgan fingerprint density at radius 1 is 1.29 bits per heavy atom. The molecule has 6 heteroatoms. The largest absolute Gasteiger partial charge is 0.495 e. The standard InChI is InChI=1S/C15H17NO5/c1-21-12-5-2-4-11-10(9-17)8-16(15(11)12)13(18)6-3-7-14(19)20/h2,4-5,8,17H,3,6-7,9H2,1H3,(H,19,20). The molecule has 0 amide bonds. The van der Waals surface area contributed by atoms with Crippen LogP contribution < -0.4 is 4.74 Å². The zero-order valence-electron chi connectivity index (χ0n) is 11.7. The summed E-state index contributed by atoms with van der Waals surface area (Å²) < 4.78 is 6.70. The molecule has 0 aliphatic rings. The lowest BCUT2D eigenvalue weighted by Crippen LogP contribution is -2.10. The van der Waals surface area contributed by atoms with Gasteiger partial charge in [-0.3, -0.25) is 14.2 Å². The van der Waals surface area contributed by atoms with Crippen LogP contribution in [0, 0.1) is 0 Å². The lowest BCUT2D eigenvalue weighted by Gasteiger charge is -2.07. The predicted molar refractivity (Wildman–Crippen MR) is 76.5 cm³/mol. The van der Waals surface area contributed by atoms with Gasteiger partial charge in [0.05, 0.1) is 19.2 Å². The maximum Gasteiger partial charge on any atom is 0.303 e. The highest BCUT2D eigenvalue weighted by Gasteiger charge is 2.16. The first-order valence-corrected chi connectivity index (χ1v) is 6.61. The van der Waals surface area contributed by atoms with E-state index in [9.17, 15) is 14.7 Å². The molecule has 0 saturated heterocycles. The number of hydrogen-bond donors (Lipinski definition) is 2. The number of benzene rings is 1. The van der Waals surface area contributed by atoms with Gasteiger partial charge in [0.15, 0.2) is 0 Å². The number of aliphatic hydroxyl groups excluding tert-OH is 1. The van der Waals surface area contributed by atoms with Crippen LogP contribution in [0.2, 0.25) is 0 Å². The molecule has 1 heterocycles. The summed E-state index contributed by atoms with van der Waals surface area (Å²) >= 11 is 0. The molecule has 0 aliphatic heterocycles. The monoisotopic (exact) mass is 291 g/mol. The number of nitrogens with zero attached hydrogens (tertiary/aromatic N) is 1. The second-order valence-electron chi connectivity index (χ2n) is 4.68. The summed E-state index contributed by atoms with van der Waals surface area (Å²) in [7, 11) is 1.51. The van der Waals surface area contributed by atoms with Crippen LogP contribution in [0.1, 0.15) is 29.6 Å². The van der Waals surface area contributed by atoms with Gasteiger partial charge >= 0.3 is 5.97 Å². The number of aromatic nitrogens is 1. The number of para-hydroxylation sites is 1. The average Bonchev–Trinajstić information content (AvgIpc) is 2.85. The van der Waals surface area contributed by atoms with Gasteiger partial charge in [0.1, 0.15) is 5.75 Å². The summed E-state index contributed by atoms with van der Waals surface area (Å²) in [4.78, 5) is 22.8. The third kappa shape index (κ3) is 3.05. The Morgan fingerprint density at radius 3 is 2.67 bits per heavy atom. The van der Waals surface area contributed by atoms with Crippen molar-refractivity contribution in [3.63, 3.8) is 0 Å². The van der Waals surface area contributed by atoms with Gasteiger partial charge in [-0.05, 0) is 12.5 Å². The summed E-state index contributed by atoms with van der Waals surface area (Å²) in [6, 6.07) is 5.34. The molecule has 0 bridgehead atoms. The normalized spacial score (nSPS) is 10.8. The van der Waals surface area contributed by atoms with E-state index in [4.69, 9.17) is 9.84 Å². The van der Waals surface area contributed by atoms with E-state index in [-0.39, 0.29) is 31.8 Å². The quantitative estimate of drug-likeness (QED) is 0.850. The molecule has 0 radical (unpaired) electrons. The van der Waals surface area contributed by atoms with Crippen LogP contribution in [0.4, 0.5) is 0 Å². The van der Waals surface area contributed by atoms with E-state index >= 15 is 0 Å². The molecule has 0 unspecified atom stereocenters. The van der Waals surface area contributed by atoms with Gasteiger partial charge < -0.3 is 14.9 Å². The van der Waals surface area contributed by atoms with Gasteiger partial charge in [-0.2, -0.15) is 0 Å². The minimum absolute atomic E-state index is 0.0467. The molecule has 0 spiro atoms. The number of fused-ring (bicyclic) bond motifs is 1. The van der Waals surface area contributed by atoms with Crippen LogP contribution in [0.15, 0.2) is 24.4 Å². The van der Waals surface area contributed by atoms with E-state index in [1.807, 2.05) is 6.07 Å². The SMILES string of the molecule is COc1cccc2c(CO)cn(C(=O)CCCC(=O)O)c12. The van der Waals surface area contributed by atoms with Crippen LogP contribution >= 0.6 is 0 Å². The van der Waals surface area contributed by atoms with E-state index in [1.165, 1.54) is 11.7 Å². The first-order chi connectivity index (χ1) is 10.1. The Balaban J connectivity index is 2.38. The molecule has 0 fully saturated rings. The molecule has 112 valence electrons. The molecule has 1 aromatic carbocycles. The van der Waals surface area contributed by atoms with Crippen molar-refractivity contribution in [3.8, 4) is 5.75 Å². The fourth-order valence-corrected chi connectivity index (χ4v) is 2.32. The van der Waals surface area contributed by atoms with E-state index in [0.717, 1.165) is 5.39 Å². The van der Waals surface area contributed by atoms with Gasteiger partial charge in [-0.1, -0.05) is 12.1 Å². The molecule has 0 aliphatic carbocycles. The molecule has 6 nitrogen and oxygen atoms in total. The second kappa shape index (κ2) is 6.41. The smallest absolute Gasteiger partial charge is 0.303 e. The van der Waals surface area contributed by atoms with Crippen molar-refractivity contribution in [3.05, 3.63) is 30.0 Å². The van der Waals surface area contributed by atoms with Crippen LogP contribution in [0.5, 0.6) is 5.75 Å². The summed E-state index contributed by atoms with van der Waals surface area (Å²) in [5.74, 6) is -0.599. The minimum atomic E-state index is -0.922. The highest BCUT2D eigenvalue weighted by atomic mass is 16.5. The number of aliphatic carboxylic acids is 1. The van der Waals surface area contributed by atoms with E-state index in [2.05, 4.69) is 0 Å². The van der Waals surface area contributed by atoms with Gasteiger partial charge in [-0.15, -0.1) is 0 Å². The highest BCUT2D eigenvalue weighted by Crippen LogP contribution is 2.30. The Morgan fingerprint density at radius 2 is 2.05 bits per heavy atom. The van der Waals surface area contributed by atoms with Crippen molar-refractivity contribution in [1.29, 1.82) is 0 Å². The Labute approximate surface area is 121 Å². The van der Waals surface area contributed by atoms with Gasteiger partial charge in [0, 0.05) is 30.0 Å². The molecule has 0 saturated carbocycles. The molecular formula is C15H17NO5. The van der Waals surface area contributed by atoms with Crippen LogP contribution in [0.3, 0.4) is 0 Å². The Bertz CT molecular complexity index is 674. The summed E-state index contributed by atoms with van der Waals surface area (Å²) in [6.45, 7) is -0.181. The number of aliphatic hydroxyl groups is 1. The van der Waals surface area contributed by atoms with Crippen molar-refractivity contribution in [2.24, 2.45) is 0 Å². The number of carboxylic acid groups (broad SMARTS) is 1. The maximum absolute atomic E-state index is 12.3. The zero-order chi connectivity index (χ0) is 15.4. The zero-order valence-corrected chi connectivity index (χ0v) is 11.7. The molecule has 2 rings (SSSR count). The van der Waals surface area contributed by atoms with Crippen molar-refractivity contribution < 1.29 is 24.5 Å². The fraction of sp³-hybridized carbons (Fsp3) is 0.333. The maximum atomic E-state index is 12.3. The minimum Gasteiger partial charge on any atom is -0.495 e. The molecule has 2 N–H and O–H groups in total. The van der Waals surface area contributed by atoms with Crippen molar-refractivity contribution in [1.82, 2.24) is 4.57 Å². The topological polar surface area (TPSA) is 88.8 Å². The average molecular weight is 291 g/mol. The number of rotatable bonds is 6. The molecule has 2 aromatic rings. The van der Waals surface area contributed by atoms with E-state index < -0.39 is 5.97 Å². The van der Waals surface area contributed by atoms with Crippen molar-refractivity contribution in [2.45, 2.75) is 25.9 Å². The van der Waals surface area contributed by atoms with Gasteiger partial charge in [-0.25, -0.2) is 0 Å². The number of carbonyl (C=O) groups is 2. The van der Waals surface area contributed by atoms with Gasteiger partial charge in [0.25, 0.3) is 0 Å². The third-order valence-corrected chi connectivity index (χ3v) is 3.31. The van der Waals surface area contributed by atoms with Gasteiger partial charge in [0.2, 0.25) is 5.91 Å². The summed E-state index contributed by atoms with van der Waals surface area (Å²) in [5.41, 5.74) is 1.24. The molecule has 1 aromatic heterocycles. The van der Waals surface area contributed by atoms with Crippen molar-refractivity contribution >= 4 is 22.8 Å². The van der Waals surface area contributed by atoms with Crippen molar-refractivity contribution in [2.75, 3.05) is 7.11 Å². The van der Waals surface area contributed by atoms with Crippen LogP contribution in [0.25, 0.3) is 10.9 Å². The second-order valence-corrected chi connectivity index (χ2v) is 4.68. The molecule has 0 atom stereocenters. The Hall–Kier alpha value is -2.34. The Kier molecular flexibility index (Phi) is 4.59. The fourth-order valence-electron chi connectivity index (χ4n) is 2.32. The highest BCUT2D eigenvalue weighted by molar-refractivity contribution is 5.97. The van der Waals surface area contributed by atoms with Crippen LogP contribution in [-0.2, 0) is 11.4 Å². The number of carbonyl (C=O) groups excluding carboxylic acids is 1.